The SMILES string of the molecule is CN(C)CCCN1N=C2C(=Cc3ccccc3)CS(=O)(=O)CC2C1c1ccccc1.Cl. The molecule has 1 saturated heterocycles. The predicted octanol–water partition coefficient (Wildman–Crippen LogP) is 3.90. The van der Waals surface area contributed by atoms with E-state index in [9.17, 15) is 8.42 Å². The first-order valence-corrected chi connectivity index (χ1v) is 12.3. The third-order valence-corrected chi connectivity index (χ3v) is 7.32. The van der Waals surface area contributed by atoms with E-state index < -0.39 is 9.84 Å². The molecule has 0 amide bonds. The van der Waals surface area contributed by atoms with Crippen molar-refractivity contribution < 1.29 is 8.42 Å². The summed E-state index contributed by atoms with van der Waals surface area (Å²) < 4.78 is 25.7. The van der Waals surface area contributed by atoms with E-state index in [0.717, 1.165) is 41.9 Å². The van der Waals surface area contributed by atoms with Gasteiger partial charge in [0.25, 0.3) is 0 Å². The van der Waals surface area contributed by atoms with Gasteiger partial charge < -0.3 is 4.90 Å². The van der Waals surface area contributed by atoms with Crippen molar-refractivity contribution in [1.29, 1.82) is 0 Å². The minimum atomic E-state index is -3.19. The average molecular weight is 460 g/mol. The first-order chi connectivity index (χ1) is 14.4. The zero-order valence-corrected chi connectivity index (χ0v) is 19.6. The minimum Gasteiger partial charge on any atom is -0.309 e. The lowest BCUT2D eigenvalue weighted by Gasteiger charge is -2.30. The van der Waals surface area contributed by atoms with Gasteiger partial charge in [0.1, 0.15) is 0 Å². The summed E-state index contributed by atoms with van der Waals surface area (Å²) in [6, 6.07) is 20.1. The molecular formula is C24H30ClN3O2S. The van der Waals surface area contributed by atoms with Gasteiger partial charge in [-0.1, -0.05) is 60.7 Å². The summed E-state index contributed by atoms with van der Waals surface area (Å²) in [6.07, 6.45) is 2.97. The molecule has 2 atom stereocenters. The smallest absolute Gasteiger partial charge is 0.155 e. The van der Waals surface area contributed by atoms with Crippen molar-refractivity contribution in [2.75, 3.05) is 38.7 Å². The summed E-state index contributed by atoms with van der Waals surface area (Å²) in [5.41, 5.74) is 3.90. The molecule has 2 unspecified atom stereocenters. The quantitative estimate of drug-likeness (QED) is 0.657. The Morgan fingerprint density at radius 1 is 1.06 bits per heavy atom. The Kier molecular flexibility index (Phi) is 7.57. The molecule has 2 heterocycles. The molecule has 2 aliphatic heterocycles. The van der Waals surface area contributed by atoms with E-state index in [1.807, 2.05) is 54.6 Å². The molecule has 2 aliphatic rings. The fourth-order valence-corrected chi connectivity index (χ4v) is 6.12. The maximum absolute atomic E-state index is 12.9. The van der Waals surface area contributed by atoms with Gasteiger partial charge in [-0.15, -0.1) is 12.4 Å². The highest BCUT2D eigenvalue weighted by Gasteiger charge is 2.45. The molecule has 2 aromatic carbocycles. The number of nitrogens with zero attached hydrogens (tertiary/aromatic N) is 3. The molecule has 5 nitrogen and oxygen atoms in total. The molecular weight excluding hydrogens is 430 g/mol. The topological polar surface area (TPSA) is 53.0 Å². The van der Waals surface area contributed by atoms with Crippen LogP contribution in [0.15, 0.2) is 71.3 Å². The van der Waals surface area contributed by atoms with E-state index in [1.54, 1.807) is 0 Å². The maximum Gasteiger partial charge on any atom is 0.155 e. The Morgan fingerprint density at radius 2 is 1.71 bits per heavy atom. The Hall–Kier alpha value is -2.15. The van der Waals surface area contributed by atoms with Gasteiger partial charge in [-0.2, -0.15) is 5.10 Å². The summed E-state index contributed by atoms with van der Waals surface area (Å²) >= 11 is 0. The van der Waals surface area contributed by atoms with E-state index in [1.165, 1.54) is 0 Å². The zero-order chi connectivity index (χ0) is 21.1. The molecule has 0 radical (unpaired) electrons. The largest absolute Gasteiger partial charge is 0.309 e. The van der Waals surface area contributed by atoms with Crippen LogP contribution >= 0.6 is 12.4 Å². The first-order valence-electron chi connectivity index (χ1n) is 10.4. The molecule has 0 spiro atoms. The van der Waals surface area contributed by atoms with Crippen LogP contribution in [0.25, 0.3) is 6.08 Å². The third kappa shape index (κ3) is 5.56. The van der Waals surface area contributed by atoms with Crippen molar-refractivity contribution in [2.45, 2.75) is 12.5 Å². The molecule has 0 aliphatic carbocycles. The minimum absolute atomic E-state index is 0. The number of rotatable bonds is 6. The van der Waals surface area contributed by atoms with Crippen molar-refractivity contribution in [1.82, 2.24) is 9.91 Å². The molecule has 2 aromatic rings. The maximum atomic E-state index is 12.9. The molecule has 166 valence electrons. The summed E-state index contributed by atoms with van der Waals surface area (Å²) in [6.45, 7) is 1.77. The van der Waals surface area contributed by atoms with E-state index in [4.69, 9.17) is 5.10 Å². The summed E-state index contributed by atoms with van der Waals surface area (Å²) in [5, 5.41) is 7.13. The van der Waals surface area contributed by atoms with Gasteiger partial charge in [0.15, 0.2) is 9.84 Å². The van der Waals surface area contributed by atoms with Crippen molar-refractivity contribution >= 4 is 34.0 Å². The lowest BCUT2D eigenvalue weighted by molar-refractivity contribution is 0.198. The van der Waals surface area contributed by atoms with Gasteiger partial charge in [0.2, 0.25) is 0 Å². The van der Waals surface area contributed by atoms with Crippen LogP contribution < -0.4 is 0 Å². The highest BCUT2D eigenvalue weighted by atomic mass is 35.5. The van der Waals surface area contributed by atoms with Crippen LogP contribution in [0, 0.1) is 5.92 Å². The second-order valence-electron chi connectivity index (χ2n) is 8.40. The molecule has 0 aromatic heterocycles. The van der Waals surface area contributed by atoms with Crippen LogP contribution in [0.2, 0.25) is 0 Å². The van der Waals surface area contributed by atoms with Gasteiger partial charge in [-0.25, -0.2) is 8.42 Å². The number of halogens is 1. The number of hydrazone groups is 1. The Balaban J connectivity index is 0.00000272. The Bertz CT molecular complexity index is 1040. The van der Waals surface area contributed by atoms with E-state index in [-0.39, 0.29) is 35.9 Å². The monoisotopic (exact) mass is 459 g/mol. The van der Waals surface area contributed by atoms with Crippen molar-refractivity contribution in [3.63, 3.8) is 0 Å². The van der Waals surface area contributed by atoms with Gasteiger partial charge >= 0.3 is 0 Å². The van der Waals surface area contributed by atoms with Crippen LogP contribution in [0.4, 0.5) is 0 Å². The number of fused-ring (bicyclic) bond motifs is 1. The lowest BCUT2D eigenvalue weighted by atomic mass is 9.87. The van der Waals surface area contributed by atoms with Crippen LogP contribution in [0.5, 0.6) is 0 Å². The second-order valence-corrected chi connectivity index (χ2v) is 10.5. The van der Waals surface area contributed by atoms with Crippen LogP contribution in [0.3, 0.4) is 0 Å². The van der Waals surface area contributed by atoms with E-state index >= 15 is 0 Å². The van der Waals surface area contributed by atoms with Crippen LogP contribution in [0.1, 0.15) is 23.6 Å². The van der Waals surface area contributed by atoms with Crippen LogP contribution in [-0.2, 0) is 9.84 Å². The summed E-state index contributed by atoms with van der Waals surface area (Å²) in [4.78, 5) is 2.17. The third-order valence-electron chi connectivity index (χ3n) is 5.70. The molecule has 0 bridgehead atoms. The van der Waals surface area contributed by atoms with Crippen molar-refractivity contribution in [3.8, 4) is 0 Å². The summed E-state index contributed by atoms with van der Waals surface area (Å²) in [5.74, 6) is 0.0758. The van der Waals surface area contributed by atoms with Gasteiger partial charge in [0, 0.05) is 12.5 Å². The fourth-order valence-electron chi connectivity index (χ4n) is 4.41. The number of hydrogen-bond donors (Lipinski definition) is 0. The number of benzene rings is 2. The molecule has 0 saturated carbocycles. The van der Waals surface area contributed by atoms with E-state index in [2.05, 4.69) is 36.1 Å². The number of hydrogen-bond acceptors (Lipinski definition) is 5. The first kappa shape index (κ1) is 23.5. The fraction of sp³-hybridized carbons (Fsp3) is 0.375. The normalized spacial score (nSPS) is 23.4. The molecule has 1 fully saturated rings. The number of sulfone groups is 1. The standard InChI is InChI=1S/C24H29N3O2S.ClH/c1-26(2)14-9-15-27-24(20-12-7-4-8-13-20)22-18-30(28,29)17-21(23(22)25-27)16-19-10-5-3-6-11-19;/h3-8,10-13,16,22,24H,9,14-15,17-18H2,1-2H3;1H. The van der Waals surface area contributed by atoms with Crippen molar-refractivity contribution in [2.24, 2.45) is 11.0 Å². The predicted molar refractivity (Wildman–Crippen MR) is 130 cm³/mol. The Labute approximate surface area is 191 Å². The Morgan fingerprint density at radius 3 is 2.35 bits per heavy atom. The zero-order valence-electron chi connectivity index (χ0n) is 18.0. The lowest BCUT2D eigenvalue weighted by Crippen LogP contribution is -2.37. The van der Waals surface area contributed by atoms with E-state index in [0.29, 0.717) is 0 Å². The molecule has 7 heteroatoms. The second kappa shape index (κ2) is 9.98. The highest BCUT2D eigenvalue weighted by molar-refractivity contribution is 7.91. The molecule has 0 N–H and O–H groups in total. The van der Waals surface area contributed by atoms with Gasteiger partial charge in [-0.3, -0.25) is 5.01 Å². The average Bonchev–Trinajstić information content (AvgIpc) is 3.06. The molecule has 4 rings (SSSR count). The summed E-state index contributed by atoms with van der Waals surface area (Å²) in [7, 11) is 0.946. The van der Waals surface area contributed by atoms with Gasteiger partial charge in [-0.05, 0) is 49.8 Å². The molecule has 31 heavy (non-hydrogen) atoms. The van der Waals surface area contributed by atoms with Gasteiger partial charge in [0.05, 0.1) is 23.3 Å². The van der Waals surface area contributed by atoms with Crippen LogP contribution in [-0.4, -0.2) is 62.7 Å². The van der Waals surface area contributed by atoms with Crippen molar-refractivity contribution in [3.05, 3.63) is 77.4 Å². The highest BCUT2D eigenvalue weighted by Crippen LogP contribution is 2.41.